The normalized spacial score (nSPS) is 12.4. The minimum atomic E-state index is -0.0317. The molecule has 0 aliphatic rings. The van der Waals surface area contributed by atoms with Crippen LogP contribution in [0, 0.1) is 13.8 Å². The van der Waals surface area contributed by atoms with Gasteiger partial charge in [-0.1, -0.05) is 55.0 Å². The number of hydrogen-bond donors (Lipinski definition) is 1. The molecule has 0 spiro atoms. The van der Waals surface area contributed by atoms with Crippen LogP contribution in [-0.4, -0.2) is 0 Å². The Morgan fingerprint density at radius 1 is 1.00 bits per heavy atom. The van der Waals surface area contributed by atoms with Crippen LogP contribution >= 0.6 is 0 Å². The molecule has 1 heteroatoms. The van der Waals surface area contributed by atoms with Crippen molar-refractivity contribution in [3.8, 4) is 0 Å². The Kier molecular flexibility index (Phi) is 3.83. The van der Waals surface area contributed by atoms with Crippen LogP contribution in [0.25, 0.3) is 0 Å². The number of benzene rings is 2. The van der Waals surface area contributed by atoms with Gasteiger partial charge in [0.05, 0.1) is 6.04 Å². The SMILES string of the molecule is CCc1ccc(C(N)c2cc(C)ccc2C)cc1. The predicted octanol–water partition coefficient (Wildman–Crippen LogP) is 3.91. The van der Waals surface area contributed by atoms with E-state index in [2.05, 4.69) is 63.2 Å². The van der Waals surface area contributed by atoms with E-state index in [-0.39, 0.29) is 6.04 Å². The Bertz CT molecular complexity index is 526. The zero-order valence-electron chi connectivity index (χ0n) is 11.4. The fraction of sp³-hybridized carbons (Fsp3) is 0.294. The zero-order chi connectivity index (χ0) is 13.1. The second-order valence-electron chi connectivity index (χ2n) is 4.93. The molecule has 94 valence electrons. The molecule has 0 saturated carbocycles. The molecular formula is C17H21N. The van der Waals surface area contributed by atoms with Crippen molar-refractivity contribution < 1.29 is 0 Å². The van der Waals surface area contributed by atoms with Gasteiger partial charge in [0.15, 0.2) is 0 Å². The molecule has 0 aliphatic carbocycles. The summed E-state index contributed by atoms with van der Waals surface area (Å²) in [7, 11) is 0. The summed E-state index contributed by atoms with van der Waals surface area (Å²) < 4.78 is 0. The number of nitrogens with two attached hydrogens (primary N) is 1. The van der Waals surface area contributed by atoms with Crippen molar-refractivity contribution in [1.82, 2.24) is 0 Å². The Labute approximate surface area is 110 Å². The van der Waals surface area contributed by atoms with Crippen molar-refractivity contribution in [2.45, 2.75) is 33.2 Å². The molecule has 2 aromatic rings. The standard InChI is InChI=1S/C17H21N/c1-4-14-7-9-15(10-8-14)17(18)16-11-12(2)5-6-13(16)3/h5-11,17H,4,18H2,1-3H3. The van der Waals surface area contributed by atoms with Crippen LogP contribution in [0.4, 0.5) is 0 Å². The van der Waals surface area contributed by atoms with Crippen molar-refractivity contribution in [3.05, 3.63) is 70.3 Å². The third-order valence-corrected chi connectivity index (χ3v) is 3.52. The first-order valence-corrected chi connectivity index (χ1v) is 6.53. The van der Waals surface area contributed by atoms with Gasteiger partial charge in [0.25, 0.3) is 0 Å². The van der Waals surface area contributed by atoms with Crippen LogP contribution in [0.3, 0.4) is 0 Å². The Hall–Kier alpha value is -1.60. The van der Waals surface area contributed by atoms with Crippen LogP contribution in [0.1, 0.15) is 40.8 Å². The summed E-state index contributed by atoms with van der Waals surface area (Å²) in [4.78, 5) is 0. The Morgan fingerprint density at radius 2 is 1.67 bits per heavy atom. The molecule has 1 atom stereocenters. The molecule has 0 aliphatic heterocycles. The summed E-state index contributed by atoms with van der Waals surface area (Å²) in [5.41, 5.74) is 12.7. The molecule has 0 radical (unpaired) electrons. The molecule has 0 heterocycles. The maximum absolute atomic E-state index is 6.38. The fourth-order valence-corrected chi connectivity index (χ4v) is 2.24. The summed E-state index contributed by atoms with van der Waals surface area (Å²) >= 11 is 0. The summed E-state index contributed by atoms with van der Waals surface area (Å²) in [6.45, 7) is 6.39. The first kappa shape index (κ1) is 12.8. The van der Waals surface area contributed by atoms with Crippen LogP contribution in [-0.2, 0) is 6.42 Å². The van der Waals surface area contributed by atoms with Gasteiger partial charge < -0.3 is 5.73 Å². The average molecular weight is 239 g/mol. The van der Waals surface area contributed by atoms with Crippen molar-refractivity contribution in [1.29, 1.82) is 0 Å². The van der Waals surface area contributed by atoms with Crippen molar-refractivity contribution >= 4 is 0 Å². The van der Waals surface area contributed by atoms with Crippen LogP contribution < -0.4 is 5.73 Å². The Balaban J connectivity index is 2.34. The van der Waals surface area contributed by atoms with E-state index in [4.69, 9.17) is 5.73 Å². The lowest BCUT2D eigenvalue weighted by molar-refractivity contribution is 0.858. The van der Waals surface area contributed by atoms with Gasteiger partial charge in [0.2, 0.25) is 0 Å². The molecule has 0 saturated heterocycles. The van der Waals surface area contributed by atoms with Gasteiger partial charge in [-0.15, -0.1) is 0 Å². The second kappa shape index (κ2) is 5.36. The molecule has 0 fully saturated rings. The molecule has 0 aromatic heterocycles. The lowest BCUT2D eigenvalue weighted by Crippen LogP contribution is -2.13. The van der Waals surface area contributed by atoms with Gasteiger partial charge in [-0.05, 0) is 42.5 Å². The fourth-order valence-electron chi connectivity index (χ4n) is 2.24. The van der Waals surface area contributed by atoms with Crippen LogP contribution in [0.2, 0.25) is 0 Å². The molecule has 0 bridgehead atoms. The summed E-state index contributed by atoms with van der Waals surface area (Å²) in [6, 6.07) is 15.1. The molecule has 2 aromatic carbocycles. The van der Waals surface area contributed by atoms with E-state index in [1.165, 1.54) is 27.8 Å². The van der Waals surface area contributed by atoms with Gasteiger partial charge in [-0.25, -0.2) is 0 Å². The quantitative estimate of drug-likeness (QED) is 0.863. The third kappa shape index (κ3) is 2.62. The zero-order valence-corrected chi connectivity index (χ0v) is 11.4. The van der Waals surface area contributed by atoms with Crippen LogP contribution in [0.5, 0.6) is 0 Å². The van der Waals surface area contributed by atoms with Gasteiger partial charge in [-0.3, -0.25) is 0 Å². The van der Waals surface area contributed by atoms with Crippen molar-refractivity contribution in [2.75, 3.05) is 0 Å². The van der Waals surface area contributed by atoms with E-state index >= 15 is 0 Å². The van der Waals surface area contributed by atoms with E-state index < -0.39 is 0 Å². The van der Waals surface area contributed by atoms with Gasteiger partial charge in [0, 0.05) is 0 Å². The van der Waals surface area contributed by atoms with Gasteiger partial charge in [0.1, 0.15) is 0 Å². The van der Waals surface area contributed by atoms with Crippen molar-refractivity contribution in [2.24, 2.45) is 5.73 Å². The molecule has 1 nitrogen and oxygen atoms in total. The van der Waals surface area contributed by atoms with E-state index in [9.17, 15) is 0 Å². The molecule has 18 heavy (non-hydrogen) atoms. The lowest BCUT2D eigenvalue weighted by Gasteiger charge is -2.16. The molecule has 1 unspecified atom stereocenters. The highest BCUT2D eigenvalue weighted by Crippen LogP contribution is 2.24. The summed E-state index contributed by atoms with van der Waals surface area (Å²) in [5.74, 6) is 0. The molecule has 2 rings (SSSR count). The third-order valence-electron chi connectivity index (χ3n) is 3.52. The summed E-state index contributed by atoms with van der Waals surface area (Å²) in [5, 5.41) is 0. The topological polar surface area (TPSA) is 26.0 Å². The first-order chi connectivity index (χ1) is 8.61. The minimum absolute atomic E-state index is 0.0317. The monoisotopic (exact) mass is 239 g/mol. The van der Waals surface area contributed by atoms with E-state index in [0.717, 1.165) is 6.42 Å². The summed E-state index contributed by atoms with van der Waals surface area (Å²) in [6.07, 6.45) is 1.07. The van der Waals surface area contributed by atoms with E-state index in [1.807, 2.05) is 0 Å². The predicted molar refractivity (Wildman–Crippen MR) is 77.8 cm³/mol. The van der Waals surface area contributed by atoms with Crippen LogP contribution in [0.15, 0.2) is 42.5 Å². The first-order valence-electron chi connectivity index (χ1n) is 6.53. The molecule has 2 N–H and O–H groups in total. The van der Waals surface area contributed by atoms with Crippen molar-refractivity contribution in [3.63, 3.8) is 0 Å². The van der Waals surface area contributed by atoms with E-state index in [0.29, 0.717) is 0 Å². The Morgan fingerprint density at radius 3 is 2.28 bits per heavy atom. The number of aryl methyl sites for hydroxylation is 3. The minimum Gasteiger partial charge on any atom is -0.320 e. The number of hydrogen-bond acceptors (Lipinski definition) is 1. The highest BCUT2D eigenvalue weighted by atomic mass is 14.6. The highest BCUT2D eigenvalue weighted by Gasteiger charge is 2.11. The lowest BCUT2D eigenvalue weighted by atomic mass is 9.93. The smallest absolute Gasteiger partial charge is 0.0554 e. The molecular weight excluding hydrogens is 218 g/mol. The van der Waals surface area contributed by atoms with E-state index in [1.54, 1.807) is 0 Å². The molecule has 0 amide bonds. The number of rotatable bonds is 3. The maximum Gasteiger partial charge on any atom is 0.0554 e. The highest BCUT2D eigenvalue weighted by molar-refractivity contribution is 5.39. The maximum atomic E-state index is 6.38. The average Bonchev–Trinajstić information content (AvgIpc) is 2.41. The largest absolute Gasteiger partial charge is 0.320 e. The van der Waals surface area contributed by atoms with Gasteiger partial charge >= 0.3 is 0 Å². The van der Waals surface area contributed by atoms with Gasteiger partial charge in [-0.2, -0.15) is 0 Å². The second-order valence-corrected chi connectivity index (χ2v) is 4.93.